The second kappa shape index (κ2) is 8.19. The summed E-state index contributed by atoms with van der Waals surface area (Å²) in [6, 6.07) is 5.63. The zero-order valence-electron chi connectivity index (χ0n) is 11.2. The molecule has 0 aromatic heterocycles. The first-order valence-corrected chi connectivity index (χ1v) is 6.38. The van der Waals surface area contributed by atoms with E-state index in [-0.39, 0.29) is 6.42 Å². The van der Waals surface area contributed by atoms with Gasteiger partial charge in [-0.25, -0.2) is 0 Å². The highest BCUT2D eigenvalue weighted by molar-refractivity contribution is 5.66. The highest BCUT2D eigenvalue weighted by Gasteiger charge is 2.05. The van der Waals surface area contributed by atoms with Crippen LogP contribution in [0.4, 0.5) is 0 Å². The van der Waals surface area contributed by atoms with Crippen molar-refractivity contribution in [2.75, 3.05) is 13.2 Å². The van der Waals surface area contributed by atoms with Crippen molar-refractivity contribution >= 4 is 5.97 Å². The van der Waals surface area contributed by atoms with Gasteiger partial charge in [-0.15, -0.1) is 6.58 Å². The lowest BCUT2D eigenvalue weighted by molar-refractivity contribution is -0.137. The summed E-state index contributed by atoms with van der Waals surface area (Å²) < 4.78 is 11.0. The van der Waals surface area contributed by atoms with Gasteiger partial charge in [0.25, 0.3) is 0 Å². The van der Waals surface area contributed by atoms with Crippen LogP contribution in [-0.2, 0) is 11.2 Å². The van der Waals surface area contributed by atoms with Crippen molar-refractivity contribution in [1.29, 1.82) is 0 Å². The lowest BCUT2D eigenvalue weighted by atomic mass is 10.1. The van der Waals surface area contributed by atoms with E-state index < -0.39 is 5.97 Å². The van der Waals surface area contributed by atoms with E-state index >= 15 is 0 Å². The average Bonchev–Trinajstić information content (AvgIpc) is 2.37. The van der Waals surface area contributed by atoms with Crippen LogP contribution in [0.25, 0.3) is 0 Å². The Kier molecular flexibility index (Phi) is 6.50. The van der Waals surface area contributed by atoms with Crippen LogP contribution in [0.5, 0.6) is 11.5 Å². The van der Waals surface area contributed by atoms with Gasteiger partial charge in [0.1, 0.15) is 11.5 Å². The number of rotatable bonds is 9. The lowest BCUT2D eigenvalue weighted by Gasteiger charge is -2.12. The van der Waals surface area contributed by atoms with Gasteiger partial charge in [0.15, 0.2) is 0 Å². The first-order valence-electron chi connectivity index (χ1n) is 6.38. The van der Waals surface area contributed by atoms with Gasteiger partial charge in [0, 0.05) is 12.0 Å². The summed E-state index contributed by atoms with van der Waals surface area (Å²) in [4.78, 5) is 10.4. The van der Waals surface area contributed by atoms with Gasteiger partial charge < -0.3 is 14.6 Å². The van der Waals surface area contributed by atoms with Crippen LogP contribution >= 0.6 is 0 Å². The Labute approximate surface area is 113 Å². The molecule has 0 aliphatic rings. The number of carbonyl (C=O) groups is 1. The van der Waals surface area contributed by atoms with Gasteiger partial charge in [-0.1, -0.05) is 6.08 Å². The minimum Gasteiger partial charge on any atom is -0.494 e. The molecule has 0 spiro atoms. The molecule has 0 saturated carbocycles. The van der Waals surface area contributed by atoms with E-state index in [1.807, 2.05) is 25.1 Å². The molecule has 0 atom stereocenters. The molecule has 4 heteroatoms. The summed E-state index contributed by atoms with van der Waals surface area (Å²) in [7, 11) is 0. The van der Waals surface area contributed by atoms with Crippen LogP contribution < -0.4 is 9.47 Å². The molecule has 0 heterocycles. The molecule has 0 fully saturated rings. The molecule has 0 amide bonds. The van der Waals surface area contributed by atoms with Gasteiger partial charge in [-0.2, -0.15) is 0 Å². The number of hydrogen-bond acceptors (Lipinski definition) is 3. The maximum Gasteiger partial charge on any atom is 0.303 e. The number of aliphatic carboxylic acids is 1. The quantitative estimate of drug-likeness (QED) is 0.550. The number of carboxylic acid groups (broad SMARTS) is 1. The van der Waals surface area contributed by atoms with Crippen molar-refractivity contribution < 1.29 is 19.4 Å². The molecule has 19 heavy (non-hydrogen) atoms. The molecule has 1 aromatic rings. The molecule has 104 valence electrons. The first-order chi connectivity index (χ1) is 9.17. The Morgan fingerprint density at radius 1 is 1.42 bits per heavy atom. The topological polar surface area (TPSA) is 55.8 Å². The van der Waals surface area contributed by atoms with Crippen LogP contribution in [-0.4, -0.2) is 24.3 Å². The Bertz CT molecular complexity index is 426. The highest BCUT2D eigenvalue weighted by atomic mass is 16.5. The molecule has 1 aromatic carbocycles. The third kappa shape index (κ3) is 5.46. The summed E-state index contributed by atoms with van der Waals surface area (Å²) >= 11 is 0. The van der Waals surface area contributed by atoms with Crippen molar-refractivity contribution in [3.05, 3.63) is 36.4 Å². The van der Waals surface area contributed by atoms with Crippen molar-refractivity contribution in [1.82, 2.24) is 0 Å². The maximum atomic E-state index is 10.4. The molecule has 1 rings (SSSR count). The largest absolute Gasteiger partial charge is 0.494 e. The van der Waals surface area contributed by atoms with Crippen molar-refractivity contribution in [2.45, 2.75) is 26.2 Å². The monoisotopic (exact) mass is 264 g/mol. The van der Waals surface area contributed by atoms with Crippen LogP contribution in [0.15, 0.2) is 30.9 Å². The van der Waals surface area contributed by atoms with Crippen LogP contribution in [0.1, 0.15) is 25.3 Å². The molecule has 0 bridgehead atoms. The van der Waals surface area contributed by atoms with E-state index in [2.05, 4.69) is 6.58 Å². The van der Waals surface area contributed by atoms with E-state index in [1.165, 1.54) is 0 Å². The fourth-order valence-electron chi connectivity index (χ4n) is 1.67. The second-order valence-electron chi connectivity index (χ2n) is 4.04. The molecule has 0 unspecified atom stereocenters. The molecule has 0 aliphatic heterocycles. The smallest absolute Gasteiger partial charge is 0.303 e. The Morgan fingerprint density at radius 3 is 2.84 bits per heavy atom. The second-order valence-corrected chi connectivity index (χ2v) is 4.04. The van der Waals surface area contributed by atoms with Gasteiger partial charge in [0.2, 0.25) is 0 Å². The van der Waals surface area contributed by atoms with E-state index in [0.29, 0.717) is 26.1 Å². The Morgan fingerprint density at radius 2 is 2.21 bits per heavy atom. The van der Waals surface area contributed by atoms with E-state index in [9.17, 15) is 4.79 Å². The van der Waals surface area contributed by atoms with Gasteiger partial charge in [0.05, 0.1) is 13.2 Å². The fraction of sp³-hybridized carbons (Fsp3) is 0.400. The fourth-order valence-corrected chi connectivity index (χ4v) is 1.67. The third-order valence-corrected chi connectivity index (χ3v) is 2.50. The molecule has 0 saturated heterocycles. The van der Waals surface area contributed by atoms with Crippen molar-refractivity contribution in [3.8, 4) is 11.5 Å². The molecule has 0 aliphatic carbocycles. The summed E-state index contributed by atoms with van der Waals surface area (Å²) in [5, 5.41) is 8.56. The molecule has 1 N–H and O–H groups in total. The predicted octanol–water partition coefficient (Wildman–Crippen LogP) is 3.06. The Hall–Kier alpha value is -1.97. The summed E-state index contributed by atoms with van der Waals surface area (Å²) in [5.41, 5.74) is 0.997. The highest BCUT2D eigenvalue weighted by Crippen LogP contribution is 2.25. The van der Waals surface area contributed by atoms with Crippen LogP contribution in [0, 0.1) is 0 Å². The third-order valence-electron chi connectivity index (χ3n) is 2.50. The predicted molar refractivity (Wildman–Crippen MR) is 73.9 cm³/mol. The van der Waals surface area contributed by atoms with Gasteiger partial charge >= 0.3 is 5.97 Å². The standard InChI is InChI=1S/C15H20O4/c1-3-6-12-11-13(18-4-2)8-9-14(12)19-10-5-7-15(16)17/h3,8-9,11H,1,4-7,10H2,2H3,(H,16,17). The lowest BCUT2D eigenvalue weighted by Crippen LogP contribution is -2.04. The number of hydrogen-bond donors (Lipinski definition) is 1. The molecular weight excluding hydrogens is 244 g/mol. The average molecular weight is 264 g/mol. The minimum atomic E-state index is -0.804. The summed E-state index contributed by atoms with van der Waals surface area (Å²) in [6.45, 7) is 6.66. The normalized spacial score (nSPS) is 9.95. The number of allylic oxidation sites excluding steroid dienone is 1. The zero-order chi connectivity index (χ0) is 14.1. The maximum absolute atomic E-state index is 10.4. The van der Waals surface area contributed by atoms with E-state index in [0.717, 1.165) is 17.1 Å². The number of ether oxygens (including phenoxy) is 2. The van der Waals surface area contributed by atoms with Crippen LogP contribution in [0.2, 0.25) is 0 Å². The SMILES string of the molecule is C=CCc1cc(OCC)ccc1OCCCC(=O)O. The van der Waals surface area contributed by atoms with Gasteiger partial charge in [-0.3, -0.25) is 4.79 Å². The van der Waals surface area contributed by atoms with Crippen molar-refractivity contribution in [2.24, 2.45) is 0 Å². The summed E-state index contributed by atoms with van der Waals surface area (Å²) in [6.07, 6.45) is 3.11. The van der Waals surface area contributed by atoms with Crippen LogP contribution in [0.3, 0.4) is 0 Å². The Balaban J connectivity index is 2.64. The molecular formula is C15H20O4. The number of benzene rings is 1. The van der Waals surface area contributed by atoms with E-state index in [1.54, 1.807) is 6.08 Å². The summed E-state index contributed by atoms with van der Waals surface area (Å²) in [5.74, 6) is 0.757. The van der Waals surface area contributed by atoms with E-state index in [4.69, 9.17) is 14.6 Å². The zero-order valence-corrected chi connectivity index (χ0v) is 11.2. The van der Waals surface area contributed by atoms with Crippen molar-refractivity contribution in [3.63, 3.8) is 0 Å². The number of carboxylic acids is 1. The minimum absolute atomic E-state index is 0.119. The molecule has 4 nitrogen and oxygen atoms in total. The van der Waals surface area contributed by atoms with Gasteiger partial charge in [-0.05, 0) is 38.0 Å². The molecule has 0 radical (unpaired) electrons. The first kappa shape index (κ1) is 15.1.